The second-order valence-electron chi connectivity index (χ2n) is 9.67. The van der Waals surface area contributed by atoms with Gasteiger partial charge in [-0.1, -0.05) is 31.4 Å². The molecule has 0 bridgehead atoms. The van der Waals surface area contributed by atoms with Gasteiger partial charge in [0.1, 0.15) is 11.3 Å². The Morgan fingerprint density at radius 1 is 1.12 bits per heavy atom. The Balaban J connectivity index is 1.15. The molecule has 3 aliphatic rings. The van der Waals surface area contributed by atoms with Crippen LogP contribution < -0.4 is 15.5 Å². The van der Waals surface area contributed by atoms with Gasteiger partial charge in [-0.15, -0.1) is 0 Å². The number of methoxy groups -OCH3 is 1. The fourth-order valence-corrected chi connectivity index (χ4v) is 5.32. The second kappa shape index (κ2) is 10.5. The zero-order chi connectivity index (χ0) is 23.3. The molecule has 0 aromatic heterocycles. The monoisotopic (exact) mass is 456 g/mol. The number of likely N-dealkylation sites (tertiary alicyclic amines) is 1. The molecule has 4 amide bonds. The van der Waals surface area contributed by atoms with Gasteiger partial charge in [-0.2, -0.15) is 5.01 Å². The predicted octanol–water partition coefficient (Wildman–Crippen LogP) is 3.02. The van der Waals surface area contributed by atoms with Crippen molar-refractivity contribution in [2.45, 2.75) is 69.7 Å². The third-order valence-electron chi connectivity index (χ3n) is 7.47. The molecular formula is C25H36N4O4. The van der Waals surface area contributed by atoms with E-state index in [9.17, 15) is 14.4 Å². The van der Waals surface area contributed by atoms with Crippen LogP contribution in [0.15, 0.2) is 24.3 Å². The SMILES string of the molecule is COc1ccc(CCC2CCN(CCC(=O)NN3C(=O)NC4(CCCCC4)C3=O)CC2)cc1. The molecule has 2 aliphatic heterocycles. The van der Waals surface area contributed by atoms with E-state index in [2.05, 4.69) is 27.8 Å². The first kappa shape index (κ1) is 23.5. The highest BCUT2D eigenvalue weighted by molar-refractivity contribution is 6.08. The number of hydrogen-bond acceptors (Lipinski definition) is 5. The highest BCUT2D eigenvalue weighted by Crippen LogP contribution is 2.33. The number of rotatable bonds is 8. The molecule has 2 saturated heterocycles. The lowest BCUT2D eigenvalue weighted by Gasteiger charge is -2.32. The molecule has 8 heteroatoms. The van der Waals surface area contributed by atoms with Gasteiger partial charge in [0.15, 0.2) is 0 Å². The smallest absolute Gasteiger partial charge is 0.344 e. The van der Waals surface area contributed by atoms with E-state index in [1.165, 1.54) is 12.0 Å². The van der Waals surface area contributed by atoms with Crippen LogP contribution in [0.5, 0.6) is 5.75 Å². The second-order valence-corrected chi connectivity index (χ2v) is 9.67. The van der Waals surface area contributed by atoms with Gasteiger partial charge in [0.25, 0.3) is 5.91 Å². The summed E-state index contributed by atoms with van der Waals surface area (Å²) >= 11 is 0. The van der Waals surface area contributed by atoms with Crippen molar-refractivity contribution in [3.63, 3.8) is 0 Å². The first-order valence-electron chi connectivity index (χ1n) is 12.3. The number of hydrazine groups is 1. The highest BCUT2D eigenvalue weighted by atomic mass is 16.5. The summed E-state index contributed by atoms with van der Waals surface area (Å²) in [6, 6.07) is 7.78. The number of piperidine rings is 1. The number of benzene rings is 1. The number of carbonyl (C=O) groups excluding carboxylic acids is 3. The first-order chi connectivity index (χ1) is 16.0. The lowest BCUT2D eigenvalue weighted by Crippen LogP contribution is -2.51. The van der Waals surface area contributed by atoms with Crippen molar-refractivity contribution in [3.05, 3.63) is 29.8 Å². The number of amides is 4. The summed E-state index contributed by atoms with van der Waals surface area (Å²) in [7, 11) is 1.68. The molecule has 4 rings (SSSR count). The number of carbonyl (C=O) groups is 3. The number of nitrogens with zero attached hydrogens (tertiary/aromatic N) is 2. The molecule has 1 aromatic rings. The zero-order valence-corrected chi connectivity index (χ0v) is 19.6. The van der Waals surface area contributed by atoms with E-state index in [1.54, 1.807) is 7.11 Å². The normalized spacial score (nSPS) is 21.3. The Morgan fingerprint density at radius 2 is 1.82 bits per heavy atom. The maximum Gasteiger partial charge on any atom is 0.344 e. The quantitative estimate of drug-likeness (QED) is 0.587. The van der Waals surface area contributed by atoms with Crippen molar-refractivity contribution in [1.29, 1.82) is 0 Å². The van der Waals surface area contributed by atoms with Crippen molar-refractivity contribution in [1.82, 2.24) is 20.7 Å². The van der Waals surface area contributed by atoms with Gasteiger partial charge < -0.3 is 15.0 Å². The summed E-state index contributed by atoms with van der Waals surface area (Å²) in [5, 5.41) is 3.72. The number of urea groups is 1. The Labute approximate surface area is 196 Å². The standard InChI is InChI=1S/C25H36N4O4/c1-33-21-9-7-19(8-10-21)5-6-20-11-16-28(17-12-20)18-13-22(30)27-29-23(31)25(26-24(29)32)14-3-2-4-15-25/h7-10,20H,2-6,11-18H2,1H3,(H,26,32)(H,27,30). The molecule has 0 unspecified atom stereocenters. The first-order valence-corrected chi connectivity index (χ1v) is 12.3. The minimum Gasteiger partial charge on any atom is -0.497 e. The number of imide groups is 1. The molecular weight excluding hydrogens is 420 g/mol. The summed E-state index contributed by atoms with van der Waals surface area (Å²) in [5.74, 6) is 1.00. The van der Waals surface area contributed by atoms with Crippen molar-refractivity contribution >= 4 is 17.8 Å². The molecule has 1 aromatic carbocycles. The van der Waals surface area contributed by atoms with E-state index < -0.39 is 11.6 Å². The molecule has 8 nitrogen and oxygen atoms in total. The fourth-order valence-electron chi connectivity index (χ4n) is 5.32. The van der Waals surface area contributed by atoms with E-state index in [-0.39, 0.29) is 18.2 Å². The molecule has 2 heterocycles. The molecule has 1 spiro atoms. The lowest BCUT2D eigenvalue weighted by atomic mass is 9.82. The summed E-state index contributed by atoms with van der Waals surface area (Å²) in [6.07, 6.45) is 9.01. The van der Waals surface area contributed by atoms with Gasteiger partial charge >= 0.3 is 6.03 Å². The van der Waals surface area contributed by atoms with Gasteiger partial charge in [-0.25, -0.2) is 4.79 Å². The average Bonchev–Trinajstić information content (AvgIpc) is 3.06. The van der Waals surface area contributed by atoms with Crippen LogP contribution in [0.3, 0.4) is 0 Å². The van der Waals surface area contributed by atoms with Crippen LogP contribution in [0.25, 0.3) is 0 Å². The van der Waals surface area contributed by atoms with Gasteiger partial charge in [-0.3, -0.25) is 15.0 Å². The Bertz CT molecular complexity index is 842. The minimum absolute atomic E-state index is 0.278. The Hall–Kier alpha value is -2.61. The van der Waals surface area contributed by atoms with E-state index >= 15 is 0 Å². The number of nitrogens with one attached hydrogen (secondary N) is 2. The van der Waals surface area contributed by atoms with E-state index in [4.69, 9.17) is 4.74 Å². The van der Waals surface area contributed by atoms with Crippen molar-refractivity contribution in [2.24, 2.45) is 5.92 Å². The zero-order valence-electron chi connectivity index (χ0n) is 19.6. The third kappa shape index (κ3) is 5.66. The van der Waals surface area contributed by atoms with E-state index in [0.717, 1.165) is 62.4 Å². The topological polar surface area (TPSA) is 91.0 Å². The van der Waals surface area contributed by atoms with Crippen LogP contribution in [0, 0.1) is 5.92 Å². The summed E-state index contributed by atoms with van der Waals surface area (Å²) in [6.45, 7) is 2.60. The summed E-state index contributed by atoms with van der Waals surface area (Å²) in [4.78, 5) is 39.8. The highest BCUT2D eigenvalue weighted by Gasteiger charge is 2.52. The minimum atomic E-state index is -0.809. The van der Waals surface area contributed by atoms with Crippen LogP contribution >= 0.6 is 0 Å². The largest absolute Gasteiger partial charge is 0.497 e. The molecule has 3 fully saturated rings. The van der Waals surface area contributed by atoms with Crippen molar-refractivity contribution in [3.8, 4) is 5.75 Å². The van der Waals surface area contributed by atoms with Crippen LogP contribution in [0.2, 0.25) is 0 Å². The Morgan fingerprint density at radius 3 is 2.48 bits per heavy atom. The molecule has 33 heavy (non-hydrogen) atoms. The summed E-state index contributed by atoms with van der Waals surface area (Å²) < 4.78 is 5.22. The van der Waals surface area contributed by atoms with E-state index in [1.807, 2.05) is 12.1 Å². The maximum absolute atomic E-state index is 12.8. The Kier molecular flexibility index (Phi) is 7.53. The van der Waals surface area contributed by atoms with Crippen LogP contribution in [-0.2, 0) is 16.0 Å². The molecule has 0 radical (unpaired) electrons. The van der Waals surface area contributed by atoms with Gasteiger partial charge in [0.05, 0.1) is 7.11 Å². The van der Waals surface area contributed by atoms with Crippen LogP contribution in [0.1, 0.15) is 63.4 Å². The average molecular weight is 457 g/mol. The van der Waals surface area contributed by atoms with Gasteiger partial charge in [0.2, 0.25) is 5.91 Å². The molecule has 2 N–H and O–H groups in total. The fraction of sp³-hybridized carbons (Fsp3) is 0.640. The van der Waals surface area contributed by atoms with Gasteiger partial charge in [-0.05, 0) is 75.2 Å². The number of ether oxygens (including phenoxy) is 1. The summed E-state index contributed by atoms with van der Waals surface area (Å²) in [5.41, 5.74) is 3.07. The van der Waals surface area contributed by atoms with Gasteiger partial charge in [0, 0.05) is 13.0 Å². The predicted molar refractivity (Wildman–Crippen MR) is 124 cm³/mol. The van der Waals surface area contributed by atoms with Crippen LogP contribution in [0.4, 0.5) is 4.79 Å². The molecule has 1 aliphatic carbocycles. The van der Waals surface area contributed by atoms with Crippen molar-refractivity contribution < 1.29 is 19.1 Å². The van der Waals surface area contributed by atoms with Crippen molar-refractivity contribution in [2.75, 3.05) is 26.7 Å². The maximum atomic E-state index is 12.8. The third-order valence-corrected chi connectivity index (χ3v) is 7.47. The van der Waals surface area contributed by atoms with Crippen LogP contribution in [-0.4, -0.2) is 60.0 Å². The van der Waals surface area contributed by atoms with E-state index in [0.29, 0.717) is 25.3 Å². The number of aryl methyl sites for hydroxylation is 1. The lowest BCUT2D eigenvalue weighted by molar-refractivity contribution is -0.140. The molecule has 180 valence electrons. The molecule has 1 saturated carbocycles. The number of hydrogen-bond donors (Lipinski definition) is 2. The molecule has 0 atom stereocenters.